The number of amides is 1. The summed E-state index contributed by atoms with van der Waals surface area (Å²) < 4.78 is 5.54. The number of nitrogens with zero attached hydrogens (tertiary/aromatic N) is 1. The van der Waals surface area contributed by atoms with Gasteiger partial charge in [0.15, 0.2) is 0 Å². The van der Waals surface area contributed by atoms with E-state index in [-0.39, 0.29) is 23.1 Å². The lowest BCUT2D eigenvalue weighted by molar-refractivity contribution is 0.0538. The molecule has 2 heterocycles. The second kappa shape index (κ2) is 6.02. The summed E-state index contributed by atoms with van der Waals surface area (Å²) in [7, 11) is 0. The van der Waals surface area contributed by atoms with Crippen LogP contribution in [-0.2, 0) is 4.74 Å². The third kappa shape index (κ3) is 3.23. The number of nitrogens with one attached hydrogen (secondary N) is 1. The largest absolute Gasteiger partial charge is 0.376 e. The minimum Gasteiger partial charge on any atom is -0.376 e. The van der Waals surface area contributed by atoms with Crippen LogP contribution in [-0.4, -0.2) is 41.6 Å². The van der Waals surface area contributed by atoms with Crippen LogP contribution in [0.15, 0.2) is 16.9 Å². The summed E-state index contributed by atoms with van der Waals surface area (Å²) in [6, 6.07) is 3.34. The molecule has 1 fully saturated rings. The van der Waals surface area contributed by atoms with E-state index in [0.29, 0.717) is 13.1 Å². The third-order valence-corrected chi connectivity index (χ3v) is 3.40. The van der Waals surface area contributed by atoms with Gasteiger partial charge in [0.2, 0.25) is 0 Å². The minimum absolute atomic E-state index is 0.105. The van der Waals surface area contributed by atoms with Crippen molar-refractivity contribution in [2.45, 2.75) is 32.8 Å². The lowest BCUT2D eigenvalue weighted by Crippen LogP contribution is -2.39. The van der Waals surface area contributed by atoms with Crippen LogP contribution < -0.4 is 5.56 Å². The van der Waals surface area contributed by atoms with E-state index in [1.807, 2.05) is 6.92 Å². The van der Waals surface area contributed by atoms with E-state index in [1.165, 1.54) is 0 Å². The monoisotopic (exact) mass is 264 g/mol. The molecule has 0 radical (unpaired) electrons. The zero-order valence-corrected chi connectivity index (χ0v) is 11.4. The van der Waals surface area contributed by atoms with Crippen LogP contribution >= 0.6 is 0 Å². The van der Waals surface area contributed by atoms with Crippen molar-refractivity contribution < 1.29 is 9.53 Å². The summed E-state index contributed by atoms with van der Waals surface area (Å²) in [6.07, 6.45) is 2.13. The van der Waals surface area contributed by atoms with Crippen molar-refractivity contribution in [2.75, 3.05) is 19.7 Å². The highest BCUT2D eigenvalue weighted by Crippen LogP contribution is 2.14. The van der Waals surface area contributed by atoms with E-state index in [9.17, 15) is 9.59 Å². The number of H-pyrrole nitrogens is 1. The molecular formula is C14H20N2O3. The molecule has 5 heteroatoms. The van der Waals surface area contributed by atoms with E-state index in [0.717, 1.165) is 25.1 Å². The molecule has 1 saturated heterocycles. The Morgan fingerprint density at radius 2 is 2.32 bits per heavy atom. The van der Waals surface area contributed by atoms with E-state index in [1.54, 1.807) is 24.0 Å². The van der Waals surface area contributed by atoms with Gasteiger partial charge in [-0.05, 0) is 38.8 Å². The average molecular weight is 264 g/mol. The van der Waals surface area contributed by atoms with Crippen LogP contribution in [0.3, 0.4) is 0 Å². The zero-order chi connectivity index (χ0) is 13.8. The van der Waals surface area contributed by atoms with Crippen LogP contribution in [0, 0.1) is 6.92 Å². The Morgan fingerprint density at radius 3 is 2.89 bits per heavy atom. The molecule has 0 saturated carbocycles. The Labute approximate surface area is 112 Å². The van der Waals surface area contributed by atoms with Gasteiger partial charge in [-0.3, -0.25) is 9.59 Å². The molecule has 1 unspecified atom stereocenters. The maximum Gasteiger partial charge on any atom is 0.260 e. The molecule has 1 amide bonds. The van der Waals surface area contributed by atoms with Gasteiger partial charge in [-0.15, -0.1) is 0 Å². The summed E-state index contributed by atoms with van der Waals surface area (Å²) in [5.74, 6) is -0.223. The number of rotatable bonds is 4. The molecule has 1 aromatic heterocycles. The van der Waals surface area contributed by atoms with Crippen LogP contribution in [0.4, 0.5) is 0 Å². The van der Waals surface area contributed by atoms with Crippen molar-refractivity contribution >= 4 is 5.91 Å². The number of hydrogen-bond donors (Lipinski definition) is 1. The van der Waals surface area contributed by atoms with Crippen molar-refractivity contribution in [3.05, 3.63) is 33.7 Å². The van der Waals surface area contributed by atoms with Gasteiger partial charge >= 0.3 is 0 Å². The highest BCUT2D eigenvalue weighted by molar-refractivity contribution is 5.93. The minimum atomic E-state index is -0.323. The molecule has 1 aromatic rings. The maximum atomic E-state index is 12.3. The molecule has 1 aliphatic rings. The number of carbonyl (C=O) groups is 1. The molecule has 2 rings (SSSR count). The molecule has 0 bridgehead atoms. The van der Waals surface area contributed by atoms with Crippen molar-refractivity contribution in [3.8, 4) is 0 Å². The topological polar surface area (TPSA) is 62.4 Å². The first-order valence-corrected chi connectivity index (χ1v) is 6.72. The number of likely N-dealkylation sites (N-methyl/N-ethyl adjacent to an activating group) is 1. The van der Waals surface area contributed by atoms with Crippen LogP contribution in [0.25, 0.3) is 0 Å². The van der Waals surface area contributed by atoms with Crippen molar-refractivity contribution in [1.82, 2.24) is 9.88 Å². The van der Waals surface area contributed by atoms with Gasteiger partial charge < -0.3 is 14.6 Å². The standard InChI is InChI=1S/C14H20N2O3/c1-3-16(9-11-5-4-8-19-11)14(18)12-7-6-10(2)15-13(12)17/h6-7,11H,3-5,8-9H2,1-2H3,(H,15,17). The smallest absolute Gasteiger partial charge is 0.260 e. The molecule has 0 aromatic carbocycles. The van der Waals surface area contributed by atoms with Crippen molar-refractivity contribution in [3.63, 3.8) is 0 Å². The Morgan fingerprint density at radius 1 is 1.53 bits per heavy atom. The SMILES string of the molecule is CCN(CC1CCCO1)C(=O)c1ccc(C)[nH]c1=O. The fraction of sp³-hybridized carbons (Fsp3) is 0.571. The molecule has 0 aliphatic carbocycles. The number of aryl methyl sites for hydroxylation is 1. The van der Waals surface area contributed by atoms with Crippen LogP contribution in [0.1, 0.15) is 35.8 Å². The predicted octanol–water partition coefficient (Wildman–Crippen LogP) is 1.32. The molecule has 1 aliphatic heterocycles. The lowest BCUT2D eigenvalue weighted by atomic mass is 10.2. The highest BCUT2D eigenvalue weighted by atomic mass is 16.5. The van der Waals surface area contributed by atoms with Gasteiger partial charge in [0.1, 0.15) is 5.56 Å². The number of pyridine rings is 1. The summed E-state index contributed by atoms with van der Waals surface area (Å²) in [5, 5.41) is 0. The fourth-order valence-electron chi connectivity index (χ4n) is 2.30. The normalized spacial score (nSPS) is 18.5. The van der Waals surface area contributed by atoms with E-state index >= 15 is 0 Å². The molecule has 0 spiro atoms. The van der Waals surface area contributed by atoms with E-state index in [4.69, 9.17) is 4.74 Å². The Kier molecular flexibility index (Phi) is 4.37. The Hall–Kier alpha value is -1.62. The summed E-state index contributed by atoms with van der Waals surface area (Å²) in [4.78, 5) is 28.5. The van der Waals surface area contributed by atoms with Crippen LogP contribution in [0.5, 0.6) is 0 Å². The second-order valence-electron chi connectivity index (χ2n) is 4.86. The first-order valence-electron chi connectivity index (χ1n) is 6.72. The van der Waals surface area contributed by atoms with E-state index < -0.39 is 0 Å². The van der Waals surface area contributed by atoms with Gasteiger partial charge in [0.25, 0.3) is 11.5 Å². The molecule has 104 valence electrons. The number of aromatic nitrogens is 1. The van der Waals surface area contributed by atoms with Crippen molar-refractivity contribution in [2.24, 2.45) is 0 Å². The summed E-state index contributed by atoms with van der Waals surface area (Å²) in [6.45, 7) is 5.60. The number of ether oxygens (including phenoxy) is 1. The van der Waals surface area contributed by atoms with Gasteiger partial charge in [0.05, 0.1) is 6.10 Å². The molecular weight excluding hydrogens is 244 g/mol. The lowest BCUT2D eigenvalue weighted by Gasteiger charge is -2.23. The molecule has 5 nitrogen and oxygen atoms in total. The molecule has 19 heavy (non-hydrogen) atoms. The van der Waals surface area contributed by atoms with Crippen molar-refractivity contribution in [1.29, 1.82) is 0 Å². The number of aromatic amines is 1. The molecule has 1 N–H and O–H groups in total. The second-order valence-corrected chi connectivity index (χ2v) is 4.86. The summed E-state index contributed by atoms with van der Waals surface area (Å²) >= 11 is 0. The predicted molar refractivity (Wildman–Crippen MR) is 72.4 cm³/mol. The summed E-state index contributed by atoms with van der Waals surface area (Å²) in [5.41, 5.74) is 0.630. The third-order valence-electron chi connectivity index (χ3n) is 3.40. The van der Waals surface area contributed by atoms with Gasteiger partial charge in [-0.25, -0.2) is 0 Å². The number of hydrogen-bond acceptors (Lipinski definition) is 3. The quantitative estimate of drug-likeness (QED) is 0.892. The zero-order valence-electron chi connectivity index (χ0n) is 11.4. The van der Waals surface area contributed by atoms with Gasteiger partial charge in [-0.2, -0.15) is 0 Å². The molecule has 1 atom stereocenters. The Bertz CT molecular complexity index is 504. The number of carbonyl (C=O) groups excluding carboxylic acids is 1. The van der Waals surface area contributed by atoms with Gasteiger partial charge in [-0.1, -0.05) is 0 Å². The Balaban J connectivity index is 2.13. The van der Waals surface area contributed by atoms with E-state index in [2.05, 4.69) is 4.98 Å². The maximum absolute atomic E-state index is 12.3. The average Bonchev–Trinajstić information content (AvgIpc) is 2.88. The first-order chi connectivity index (χ1) is 9.11. The first kappa shape index (κ1) is 13.8. The highest BCUT2D eigenvalue weighted by Gasteiger charge is 2.23. The van der Waals surface area contributed by atoms with Crippen LogP contribution in [0.2, 0.25) is 0 Å². The van der Waals surface area contributed by atoms with Gasteiger partial charge in [0, 0.05) is 25.4 Å². The fourth-order valence-corrected chi connectivity index (χ4v) is 2.30.